The number of fused-ring (bicyclic) bond motifs is 1. The van der Waals surface area contributed by atoms with Gasteiger partial charge < -0.3 is 10.3 Å². The summed E-state index contributed by atoms with van der Waals surface area (Å²) in [5, 5.41) is 3.60. The fourth-order valence-electron chi connectivity index (χ4n) is 3.20. The van der Waals surface area contributed by atoms with Crippen molar-refractivity contribution in [2.75, 3.05) is 6.54 Å². The molecule has 0 saturated carbocycles. The maximum Gasteiger partial charge on any atom is 0.0184 e. The molecule has 0 bridgehead atoms. The molecule has 0 radical (unpaired) electrons. The lowest BCUT2D eigenvalue weighted by Gasteiger charge is -2.11. The van der Waals surface area contributed by atoms with E-state index >= 15 is 0 Å². The average molecular weight is 204 g/mol. The van der Waals surface area contributed by atoms with Gasteiger partial charge in [0.25, 0.3) is 0 Å². The van der Waals surface area contributed by atoms with Gasteiger partial charge in [-0.05, 0) is 63.1 Å². The van der Waals surface area contributed by atoms with E-state index in [-0.39, 0.29) is 0 Å². The average Bonchev–Trinajstić information content (AvgIpc) is 2.86. The van der Waals surface area contributed by atoms with Crippen molar-refractivity contribution < 1.29 is 0 Å². The van der Waals surface area contributed by atoms with Crippen LogP contribution in [0.5, 0.6) is 0 Å². The highest BCUT2D eigenvalue weighted by atomic mass is 14.9. The molecular weight excluding hydrogens is 184 g/mol. The second-order valence-corrected chi connectivity index (χ2v) is 5.04. The number of hydrogen-bond acceptors (Lipinski definition) is 1. The molecule has 1 unspecified atom stereocenters. The predicted molar refractivity (Wildman–Crippen MR) is 62.3 cm³/mol. The molecule has 0 spiro atoms. The van der Waals surface area contributed by atoms with Gasteiger partial charge in [0.1, 0.15) is 0 Å². The minimum Gasteiger partial charge on any atom is -0.362 e. The first kappa shape index (κ1) is 9.46. The Balaban J connectivity index is 1.84. The second kappa shape index (κ2) is 3.67. The van der Waals surface area contributed by atoms with Crippen molar-refractivity contribution in [1.82, 2.24) is 10.3 Å². The van der Waals surface area contributed by atoms with Crippen LogP contribution in [0.25, 0.3) is 0 Å². The number of H-pyrrole nitrogens is 1. The molecule has 82 valence electrons. The monoisotopic (exact) mass is 204 g/mol. The van der Waals surface area contributed by atoms with E-state index in [0.717, 1.165) is 6.04 Å². The van der Waals surface area contributed by atoms with E-state index in [4.69, 9.17) is 0 Å². The molecular formula is C13H20N2. The third-order valence-corrected chi connectivity index (χ3v) is 3.99. The van der Waals surface area contributed by atoms with Crippen molar-refractivity contribution >= 4 is 0 Å². The molecule has 2 N–H and O–H groups in total. The van der Waals surface area contributed by atoms with Crippen molar-refractivity contribution in [1.29, 1.82) is 0 Å². The first-order valence-corrected chi connectivity index (χ1v) is 6.27. The molecule has 1 aliphatic carbocycles. The highest BCUT2D eigenvalue weighted by Gasteiger charge is 2.23. The van der Waals surface area contributed by atoms with Crippen molar-refractivity contribution in [3.8, 4) is 0 Å². The highest BCUT2D eigenvalue weighted by Crippen LogP contribution is 2.29. The Morgan fingerprint density at radius 2 is 2.20 bits per heavy atom. The van der Waals surface area contributed by atoms with E-state index < -0.39 is 0 Å². The summed E-state index contributed by atoms with van der Waals surface area (Å²) >= 11 is 0. The Morgan fingerprint density at radius 3 is 3.00 bits per heavy atom. The standard InChI is InChI=1S/C13H20N2/c1-9-12(8-10-4-3-7-14-10)11-5-2-6-13(11)15-9/h10,14-15H,2-8H2,1H3. The van der Waals surface area contributed by atoms with E-state index in [1.54, 1.807) is 11.1 Å². The molecule has 1 aromatic heterocycles. The third-order valence-electron chi connectivity index (χ3n) is 3.99. The summed E-state index contributed by atoms with van der Waals surface area (Å²) in [6, 6.07) is 0.740. The van der Waals surface area contributed by atoms with Gasteiger partial charge in [-0.3, -0.25) is 0 Å². The third kappa shape index (κ3) is 1.61. The quantitative estimate of drug-likeness (QED) is 0.758. The van der Waals surface area contributed by atoms with Gasteiger partial charge in [0, 0.05) is 17.4 Å². The van der Waals surface area contributed by atoms with E-state index in [2.05, 4.69) is 17.2 Å². The van der Waals surface area contributed by atoms with Crippen LogP contribution in [-0.4, -0.2) is 17.6 Å². The SMILES string of the molecule is Cc1[nH]c2c(c1CC1CCCN1)CCC2. The summed E-state index contributed by atoms with van der Waals surface area (Å²) in [6.45, 7) is 3.46. The fourth-order valence-corrected chi connectivity index (χ4v) is 3.20. The molecule has 2 nitrogen and oxygen atoms in total. The van der Waals surface area contributed by atoms with Gasteiger partial charge in [0.05, 0.1) is 0 Å². The minimum absolute atomic E-state index is 0.740. The van der Waals surface area contributed by atoms with Crippen molar-refractivity contribution in [3.63, 3.8) is 0 Å². The smallest absolute Gasteiger partial charge is 0.0184 e. The van der Waals surface area contributed by atoms with Crippen LogP contribution in [0.3, 0.4) is 0 Å². The highest BCUT2D eigenvalue weighted by molar-refractivity contribution is 5.40. The lowest BCUT2D eigenvalue weighted by Crippen LogP contribution is -2.24. The lowest BCUT2D eigenvalue weighted by atomic mass is 10.00. The molecule has 1 saturated heterocycles. The molecule has 3 rings (SSSR count). The summed E-state index contributed by atoms with van der Waals surface area (Å²) < 4.78 is 0. The summed E-state index contributed by atoms with van der Waals surface area (Å²) in [5.74, 6) is 0. The molecule has 15 heavy (non-hydrogen) atoms. The maximum absolute atomic E-state index is 3.60. The van der Waals surface area contributed by atoms with Gasteiger partial charge in [-0.2, -0.15) is 0 Å². The van der Waals surface area contributed by atoms with Crippen molar-refractivity contribution in [2.45, 2.75) is 51.5 Å². The first-order chi connectivity index (χ1) is 7.34. The molecule has 1 aromatic rings. The number of hydrogen-bond donors (Lipinski definition) is 2. The molecule has 2 heterocycles. The predicted octanol–water partition coefficient (Wildman–Crippen LogP) is 2.11. The van der Waals surface area contributed by atoms with Gasteiger partial charge in [-0.25, -0.2) is 0 Å². The zero-order valence-corrected chi connectivity index (χ0v) is 9.53. The Hall–Kier alpha value is -0.760. The summed E-state index contributed by atoms with van der Waals surface area (Å²) in [6.07, 6.45) is 7.90. The van der Waals surface area contributed by atoms with Crippen molar-refractivity contribution in [2.24, 2.45) is 0 Å². The van der Waals surface area contributed by atoms with Crippen LogP contribution in [0.1, 0.15) is 41.8 Å². The van der Waals surface area contributed by atoms with Crippen LogP contribution in [0.2, 0.25) is 0 Å². The zero-order valence-electron chi connectivity index (χ0n) is 9.53. The Bertz CT molecular complexity index is 359. The van der Waals surface area contributed by atoms with E-state index in [1.807, 2.05) is 0 Å². The summed E-state index contributed by atoms with van der Waals surface area (Å²) in [7, 11) is 0. The van der Waals surface area contributed by atoms with Gasteiger partial charge in [0.15, 0.2) is 0 Å². The van der Waals surface area contributed by atoms with Crippen LogP contribution in [-0.2, 0) is 19.3 Å². The van der Waals surface area contributed by atoms with E-state index in [0.29, 0.717) is 0 Å². The number of rotatable bonds is 2. The van der Waals surface area contributed by atoms with E-state index in [1.165, 1.54) is 56.5 Å². The Kier molecular flexibility index (Phi) is 2.32. The topological polar surface area (TPSA) is 27.8 Å². The van der Waals surface area contributed by atoms with Gasteiger partial charge in [-0.1, -0.05) is 0 Å². The number of aryl methyl sites for hydroxylation is 2. The normalized spacial score (nSPS) is 24.7. The number of aromatic nitrogens is 1. The van der Waals surface area contributed by atoms with Crippen LogP contribution >= 0.6 is 0 Å². The number of aromatic amines is 1. The largest absolute Gasteiger partial charge is 0.362 e. The molecule has 0 amide bonds. The molecule has 1 atom stereocenters. The van der Waals surface area contributed by atoms with Crippen molar-refractivity contribution in [3.05, 3.63) is 22.5 Å². The fraction of sp³-hybridized carbons (Fsp3) is 0.692. The Labute approximate surface area is 91.5 Å². The second-order valence-electron chi connectivity index (χ2n) is 5.04. The van der Waals surface area contributed by atoms with Crippen LogP contribution in [0, 0.1) is 6.92 Å². The molecule has 1 aliphatic heterocycles. The van der Waals surface area contributed by atoms with Crippen LogP contribution in [0.4, 0.5) is 0 Å². The van der Waals surface area contributed by atoms with Gasteiger partial charge in [-0.15, -0.1) is 0 Å². The molecule has 1 fully saturated rings. The van der Waals surface area contributed by atoms with Gasteiger partial charge >= 0.3 is 0 Å². The Morgan fingerprint density at radius 1 is 1.27 bits per heavy atom. The minimum atomic E-state index is 0.740. The molecule has 2 aliphatic rings. The first-order valence-electron chi connectivity index (χ1n) is 6.27. The van der Waals surface area contributed by atoms with Gasteiger partial charge in [0.2, 0.25) is 0 Å². The van der Waals surface area contributed by atoms with Crippen LogP contribution < -0.4 is 5.32 Å². The summed E-state index contributed by atoms with van der Waals surface area (Å²) in [4.78, 5) is 3.57. The number of nitrogens with one attached hydrogen (secondary N) is 2. The molecule has 0 aromatic carbocycles. The van der Waals surface area contributed by atoms with Crippen LogP contribution in [0.15, 0.2) is 0 Å². The summed E-state index contributed by atoms with van der Waals surface area (Å²) in [5.41, 5.74) is 6.23. The zero-order chi connectivity index (χ0) is 10.3. The molecule has 2 heteroatoms. The van der Waals surface area contributed by atoms with E-state index in [9.17, 15) is 0 Å². The lowest BCUT2D eigenvalue weighted by molar-refractivity contribution is 0.599. The maximum atomic E-state index is 3.60.